The third-order valence-electron chi connectivity index (χ3n) is 8.32. The number of aliphatic hydroxyl groups excluding tert-OH is 1. The van der Waals surface area contributed by atoms with Crippen LogP contribution in [0.2, 0.25) is 0 Å². The van der Waals surface area contributed by atoms with Gasteiger partial charge in [0.15, 0.2) is 0 Å². The summed E-state index contributed by atoms with van der Waals surface area (Å²) in [5, 5.41) is 9.57. The largest absolute Gasteiger partial charge is 0.497 e. The molecule has 2 saturated heterocycles. The molecule has 1 aromatic carbocycles. The van der Waals surface area contributed by atoms with Gasteiger partial charge in [0.05, 0.1) is 19.6 Å². The third kappa shape index (κ3) is 4.12. The Morgan fingerprint density at radius 2 is 1.84 bits per heavy atom. The highest BCUT2D eigenvalue weighted by Gasteiger charge is 2.75. The van der Waals surface area contributed by atoms with Gasteiger partial charge in [-0.2, -0.15) is 0 Å². The molecule has 204 valence electrons. The van der Waals surface area contributed by atoms with Crippen molar-refractivity contribution in [2.24, 2.45) is 11.8 Å². The Morgan fingerprint density at radius 3 is 2.55 bits per heavy atom. The Balaban J connectivity index is 1.63. The molecule has 0 radical (unpaired) electrons. The first kappa shape index (κ1) is 26.4. The van der Waals surface area contributed by atoms with Crippen molar-refractivity contribution in [3.05, 3.63) is 48.6 Å². The van der Waals surface area contributed by atoms with Gasteiger partial charge in [0, 0.05) is 25.4 Å². The number of hydrogen-bond acceptors (Lipinski definition) is 7. The van der Waals surface area contributed by atoms with Gasteiger partial charge >= 0.3 is 5.97 Å². The molecular formula is C29H36N2O7. The number of aliphatic hydroxyl groups is 1. The number of esters is 1. The molecule has 1 aromatic rings. The predicted molar refractivity (Wildman–Crippen MR) is 139 cm³/mol. The Bertz CT molecular complexity index is 1130. The molecule has 9 heteroatoms. The van der Waals surface area contributed by atoms with E-state index >= 15 is 0 Å². The Kier molecular flexibility index (Phi) is 7.33. The number of carbonyl (C=O) groups excluding carboxylic acids is 3. The van der Waals surface area contributed by atoms with Crippen molar-refractivity contribution < 1.29 is 33.7 Å². The van der Waals surface area contributed by atoms with Gasteiger partial charge in [-0.25, -0.2) is 0 Å². The van der Waals surface area contributed by atoms with Crippen molar-refractivity contribution in [3.8, 4) is 5.75 Å². The fourth-order valence-electron chi connectivity index (χ4n) is 6.51. The Morgan fingerprint density at radius 1 is 1.05 bits per heavy atom. The van der Waals surface area contributed by atoms with Gasteiger partial charge in [0.1, 0.15) is 28.9 Å². The minimum Gasteiger partial charge on any atom is -0.497 e. The quantitative estimate of drug-likeness (QED) is 0.451. The third-order valence-corrected chi connectivity index (χ3v) is 8.32. The number of ether oxygens (including phenoxy) is 3. The van der Waals surface area contributed by atoms with Crippen LogP contribution in [-0.2, 0) is 23.9 Å². The molecule has 5 rings (SSSR count). The van der Waals surface area contributed by atoms with Crippen molar-refractivity contribution in [2.45, 2.75) is 56.3 Å². The number of anilines is 1. The van der Waals surface area contributed by atoms with Crippen LogP contribution < -0.4 is 9.64 Å². The number of likely N-dealkylation sites (tertiary alicyclic amines) is 1. The summed E-state index contributed by atoms with van der Waals surface area (Å²) < 4.78 is 17.9. The van der Waals surface area contributed by atoms with E-state index < -0.39 is 35.0 Å². The highest BCUT2D eigenvalue weighted by Crippen LogP contribution is 2.58. The molecule has 9 nitrogen and oxygen atoms in total. The minimum absolute atomic E-state index is 0.131. The van der Waals surface area contributed by atoms with Gasteiger partial charge < -0.3 is 29.1 Å². The van der Waals surface area contributed by atoms with Crippen LogP contribution in [0.3, 0.4) is 0 Å². The highest BCUT2D eigenvalue weighted by molar-refractivity contribution is 6.05. The number of allylic oxidation sites excluding steroid dienone is 1. The van der Waals surface area contributed by atoms with E-state index in [0.29, 0.717) is 24.3 Å². The number of carbonyl (C=O) groups is 3. The second-order valence-electron chi connectivity index (χ2n) is 10.3. The van der Waals surface area contributed by atoms with Crippen LogP contribution in [0.1, 0.15) is 39.0 Å². The summed E-state index contributed by atoms with van der Waals surface area (Å²) in [4.78, 5) is 45.2. The SMILES string of the molecule is CC[C@]12/C=C\CCCCOC(=O)[C@H]1[C@H]1C(=O)N(CCCO)C3C(=O)N(c4ccc(OC)cc4)CC=C[C@@]31O2. The highest BCUT2D eigenvalue weighted by atomic mass is 16.6. The molecule has 1 spiro atoms. The summed E-state index contributed by atoms with van der Waals surface area (Å²) >= 11 is 0. The number of nitrogens with zero attached hydrogens (tertiary/aromatic N) is 2. The van der Waals surface area contributed by atoms with Crippen molar-refractivity contribution >= 4 is 23.5 Å². The topological polar surface area (TPSA) is 106 Å². The summed E-state index contributed by atoms with van der Waals surface area (Å²) in [5.41, 5.74) is -1.75. The number of cyclic esters (lactones) is 1. The molecular weight excluding hydrogens is 488 g/mol. The lowest BCUT2D eigenvalue weighted by atomic mass is 9.73. The normalized spacial score (nSPS) is 33.8. The minimum atomic E-state index is -1.34. The number of rotatable bonds is 6. The molecule has 4 aliphatic rings. The van der Waals surface area contributed by atoms with Crippen LogP contribution in [0, 0.1) is 11.8 Å². The van der Waals surface area contributed by atoms with Crippen LogP contribution in [0.15, 0.2) is 48.6 Å². The van der Waals surface area contributed by atoms with Gasteiger partial charge in [-0.05, 0) is 56.4 Å². The fourth-order valence-corrected chi connectivity index (χ4v) is 6.51. The molecule has 4 heterocycles. The molecule has 0 aromatic heterocycles. The summed E-state index contributed by atoms with van der Waals surface area (Å²) in [5.74, 6) is -2.21. The maximum atomic E-state index is 14.3. The van der Waals surface area contributed by atoms with E-state index in [1.54, 1.807) is 36.3 Å². The van der Waals surface area contributed by atoms with Crippen LogP contribution in [0.5, 0.6) is 5.75 Å². The van der Waals surface area contributed by atoms with E-state index in [4.69, 9.17) is 14.2 Å². The van der Waals surface area contributed by atoms with Crippen molar-refractivity contribution in [1.29, 1.82) is 0 Å². The Labute approximate surface area is 223 Å². The number of fused-ring (bicyclic) bond motifs is 2. The van der Waals surface area contributed by atoms with Gasteiger partial charge in [-0.3, -0.25) is 14.4 Å². The molecule has 1 unspecified atom stereocenters. The lowest BCUT2D eigenvalue weighted by Crippen LogP contribution is -2.56. The molecule has 38 heavy (non-hydrogen) atoms. The second-order valence-corrected chi connectivity index (χ2v) is 10.3. The summed E-state index contributed by atoms with van der Waals surface area (Å²) in [6.45, 7) is 2.55. The zero-order chi connectivity index (χ0) is 26.9. The van der Waals surface area contributed by atoms with Crippen LogP contribution in [0.25, 0.3) is 0 Å². The molecule has 0 bridgehead atoms. The lowest BCUT2D eigenvalue weighted by molar-refractivity contribution is -0.160. The van der Waals surface area contributed by atoms with Crippen molar-refractivity contribution in [1.82, 2.24) is 4.90 Å². The van der Waals surface area contributed by atoms with E-state index in [1.807, 2.05) is 31.2 Å². The molecule has 4 aliphatic heterocycles. The van der Waals surface area contributed by atoms with E-state index in [9.17, 15) is 19.5 Å². The van der Waals surface area contributed by atoms with Crippen LogP contribution in [-0.4, -0.2) is 78.4 Å². The average molecular weight is 525 g/mol. The number of amides is 2. The van der Waals surface area contributed by atoms with Crippen molar-refractivity contribution in [2.75, 3.05) is 38.3 Å². The summed E-state index contributed by atoms with van der Waals surface area (Å²) in [6, 6.07) is 6.18. The van der Waals surface area contributed by atoms with Crippen LogP contribution in [0.4, 0.5) is 5.69 Å². The first-order valence-electron chi connectivity index (χ1n) is 13.5. The molecule has 0 saturated carbocycles. The Hall–Kier alpha value is -3.17. The van der Waals surface area contributed by atoms with E-state index in [1.165, 1.54) is 4.90 Å². The molecule has 2 fully saturated rings. The van der Waals surface area contributed by atoms with Gasteiger partial charge in [0.25, 0.3) is 5.91 Å². The van der Waals surface area contributed by atoms with E-state index in [2.05, 4.69) is 0 Å². The molecule has 0 aliphatic carbocycles. The zero-order valence-corrected chi connectivity index (χ0v) is 22.0. The predicted octanol–water partition coefficient (Wildman–Crippen LogP) is 2.62. The fraction of sp³-hybridized carbons (Fsp3) is 0.552. The lowest BCUT2D eigenvalue weighted by Gasteiger charge is -2.38. The van der Waals surface area contributed by atoms with Gasteiger partial charge in [-0.15, -0.1) is 0 Å². The number of benzene rings is 1. The average Bonchev–Trinajstić information content (AvgIpc) is 3.28. The maximum Gasteiger partial charge on any atom is 0.313 e. The van der Waals surface area contributed by atoms with Gasteiger partial charge in [0.2, 0.25) is 5.91 Å². The standard InChI is InChI=1S/C29H36N2O7/c1-3-28-14-6-4-5-7-19-37-27(35)23(28)22-25(33)31(17-9-18-32)24-26(34)30(16-8-15-29(22,24)38-28)20-10-12-21(36-2)13-11-20/h6,8,10-15,22-24,32H,3-5,7,9,16-19H2,1-2H3/b14-6-/t22-,23+,24?,28-,29-/m0/s1. The molecule has 1 N–H and O–H groups in total. The number of hydrogen-bond donors (Lipinski definition) is 1. The zero-order valence-electron chi connectivity index (χ0n) is 22.0. The summed E-state index contributed by atoms with van der Waals surface area (Å²) in [7, 11) is 1.58. The first-order chi connectivity index (χ1) is 18.4. The first-order valence-corrected chi connectivity index (χ1v) is 13.5. The maximum absolute atomic E-state index is 14.3. The second kappa shape index (κ2) is 10.5. The molecule has 5 atom stereocenters. The van der Waals surface area contributed by atoms with E-state index in [-0.39, 0.29) is 38.1 Å². The van der Waals surface area contributed by atoms with Crippen LogP contribution >= 0.6 is 0 Å². The smallest absolute Gasteiger partial charge is 0.313 e. The molecule has 2 amide bonds. The number of methoxy groups -OCH3 is 1. The monoisotopic (exact) mass is 524 g/mol. The van der Waals surface area contributed by atoms with Gasteiger partial charge in [-0.1, -0.05) is 31.2 Å². The van der Waals surface area contributed by atoms with E-state index in [0.717, 1.165) is 19.3 Å². The summed E-state index contributed by atoms with van der Waals surface area (Å²) in [6.07, 6.45) is 10.8. The van der Waals surface area contributed by atoms with Crippen molar-refractivity contribution in [3.63, 3.8) is 0 Å².